The maximum Gasteiger partial charge on any atom is 0.233 e. The van der Waals surface area contributed by atoms with Gasteiger partial charge in [-0.15, -0.1) is 0 Å². The fourth-order valence-corrected chi connectivity index (χ4v) is 3.54. The number of halogens is 1. The van der Waals surface area contributed by atoms with Crippen molar-refractivity contribution in [1.82, 2.24) is 4.90 Å². The summed E-state index contributed by atoms with van der Waals surface area (Å²) in [7, 11) is 0. The lowest BCUT2D eigenvalue weighted by atomic mass is 10.1. The first kappa shape index (κ1) is 12.7. The second kappa shape index (κ2) is 3.82. The topological polar surface area (TPSA) is 63.4 Å². The SMILES string of the molecule is CC1(C)C2C(=O)N(Cc3ccc(N)cc3Br)C(=O)C21. The molecule has 2 aliphatic rings. The van der Waals surface area contributed by atoms with Gasteiger partial charge < -0.3 is 5.73 Å². The molecule has 2 fully saturated rings. The molecule has 1 aliphatic heterocycles. The number of hydrogen-bond acceptors (Lipinski definition) is 3. The number of nitrogen functional groups attached to an aromatic ring is 1. The van der Waals surface area contributed by atoms with Gasteiger partial charge >= 0.3 is 0 Å². The number of rotatable bonds is 2. The van der Waals surface area contributed by atoms with Crippen LogP contribution >= 0.6 is 15.9 Å². The highest BCUT2D eigenvalue weighted by Crippen LogP contribution is 2.63. The van der Waals surface area contributed by atoms with Crippen molar-refractivity contribution in [3.63, 3.8) is 0 Å². The summed E-state index contributed by atoms with van der Waals surface area (Å²) in [6.07, 6.45) is 0. The molecule has 1 aromatic carbocycles. The number of benzene rings is 1. The van der Waals surface area contributed by atoms with Crippen molar-refractivity contribution in [2.75, 3.05) is 5.73 Å². The third kappa shape index (κ3) is 1.71. The number of carbonyl (C=O) groups excluding carboxylic acids is 2. The van der Waals surface area contributed by atoms with Crippen molar-refractivity contribution in [3.8, 4) is 0 Å². The van der Waals surface area contributed by atoms with Crippen LogP contribution in [0.15, 0.2) is 22.7 Å². The summed E-state index contributed by atoms with van der Waals surface area (Å²) in [6.45, 7) is 4.28. The Morgan fingerprint density at radius 3 is 2.37 bits per heavy atom. The Bertz CT molecular complexity index is 573. The van der Waals surface area contributed by atoms with E-state index >= 15 is 0 Å². The standard InChI is InChI=1S/C14H15BrN2O2/c1-14(2)10-11(14)13(19)17(12(10)18)6-7-3-4-8(16)5-9(7)15/h3-5,10-11H,6,16H2,1-2H3. The van der Waals surface area contributed by atoms with E-state index in [1.165, 1.54) is 4.90 Å². The molecule has 19 heavy (non-hydrogen) atoms. The normalized spacial score (nSPS) is 27.6. The predicted molar refractivity (Wildman–Crippen MR) is 74.9 cm³/mol. The van der Waals surface area contributed by atoms with Crippen molar-refractivity contribution in [1.29, 1.82) is 0 Å². The molecular formula is C14H15BrN2O2. The van der Waals surface area contributed by atoms with Gasteiger partial charge in [-0.1, -0.05) is 35.8 Å². The third-order valence-electron chi connectivity index (χ3n) is 4.30. The maximum atomic E-state index is 12.2. The summed E-state index contributed by atoms with van der Waals surface area (Å²) in [5.74, 6) is -0.312. The summed E-state index contributed by atoms with van der Waals surface area (Å²) >= 11 is 3.41. The lowest BCUT2D eigenvalue weighted by Crippen LogP contribution is -2.35. The van der Waals surface area contributed by atoms with Gasteiger partial charge in [0.1, 0.15) is 0 Å². The predicted octanol–water partition coefficient (Wildman–Crippen LogP) is 2.17. The van der Waals surface area contributed by atoms with E-state index in [4.69, 9.17) is 5.73 Å². The van der Waals surface area contributed by atoms with Gasteiger partial charge in [0, 0.05) is 10.2 Å². The van der Waals surface area contributed by atoms with Crippen LogP contribution in [0.25, 0.3) is 0 Å². The van der Waals surface area contributed by atoms with Gasteiger partial charge in [0.25, 0.3) is 0 Å². The molecule has 1 aliphatic carbocycles. The number of nitrogens with two attached hydrogens (primary N) is 1. The number of likely N-dealkylation sites (tertiary alicyclic amines) is 1. The summed E-state index contributed by atoms with van der Waals surface area (Å²) in [4.78, 5) is 25.8. The number of fused-ring (bicyclic) bond motifs is 1. The Hall–Kier alpha value is -1.36. The quantitative estimate of drug-likeness (QED) is 0.670. The van der Waals surface area contributed by atoms with Gasteiger partial charge in [-0.05, 0) is 23.1 Å². The molecule has 2 atom stereocenters. The largest absolute Gasteiger partial charge is 0.399 e. The Labute approximate surface area is 120 Å². The Kier molecular flexibility index (Phi) is 2.55. The molecule has 0 bridgehead atoms. The zero-order valence-electron chi connectivity index (χ0n) is 10.8. The van der Waals surface area contributed by atoms with Crippen LogP contribution in [0.3, 0.4) is 0 Å². The van der Waals surface area contributed by atoms with E-state index in [9.17, 15) is 9.59 Å². The van der Waals surface area contributed by atoms with Gasteiger partial charge in [0.15, 0.2) is 0 Å². The highest BCUT2D eigenvalue weighted by molar-refractivity contribution is 9.10. The smallest absolute Gasteiger partial charge is 0.233 e. The molecule has 0 radical (unpaired) electrons. The molecule has 4 nitrogen and oxygen atoms in total. The molecule has 0 aromatic heterocycles. The number of amides is 2. The minimum absolute atomic E-state index is 0.0382. The van der Waals surface area contributed by atoms with Gasteiger partial charge in [-0.3, -0.25) is 14.5 Å². The van der Waals surface area contributed by atoms with Crippen LogP contribution in [0.4, 0.5) is 5.69 Å². The van der Waals surface area contributed by atoms with E-state index in [2.05, 4.69) is 15.9 Å². The highest BCUT2D eigenvalue weighted by Gasteiger charge is 2.72. The minimum atomic E-state index is -0.150. The molecule has 1 saturated heterocycles. The molecule has 100 valence electrons. The lowest BCUT2D eigenvalue weighted by molar-refractivity contribution is -0.143. The van der Waals surface area contributed by atoms with Gasteiger partial charge in [0.2, 0.25) is 11.8 Å². The van der Waals surface area contributed by atoms with Gasteiger partial charge in [-0.2, -0.15) is 0 Å². The Morgan fingerprint density at radius 1 is 1.26 bits per heavy atom. The molecule has 2 amide bonds. The third-order valence-corrected chi connectivity index (χ3v) is 5.04. The number of imide groups is 1. The van der Waals surface area contributed by atoms with Gasteiger partial charge in [0.05, 0.1) is 18.4 Å². The molecule has 1 aromatic rings. The molecular weight excluding hydrogens is 308 g/mol. The van der Waals surface area contributed by atoms with Crippen molar-refractivity contribution in [3.05, 3.63) is 28.2 Å². The monoisotopic (exact) mass is 322 g/mol. The zero-order valence-corrected chi connectivity index (χ0v) is 12.4. The number of hydrogen-bond donors (Lipinski definition) is 1. The molecule has 3 rings (SSSR count). The van der Waals surface area contributed by atoms with E-state index < -0.39 is 0 Å². The lowest BCUT2D eigenvalue weighted by Gasteiger charge is -2.21. The van der Waals surface area contributed by atoms with Crippen LogP contribution in [0.1, 0.15) is 19.4 Å². The van der Waals surface area contributed by atoms with Crippen molar-refractivity contribution in [2.24, 2.45) is 17.3 Å². The first-order valence-electron chi connectivity index (χ1n) is 6.23. The highest BCUT2D eigenvalue weighted by atomic mass is 79.9. The maximum absolute atomic E-state index is 12.2. The van der Waals surface area contributed by atoms with E-state index in [1.807, 2.05) is 19.9 Å². The number of nitrogens with zero attached hydrogens (tertiary/aromatic N) is 1. The van der Waals surface area contributed by atoms with Crippen LogP contribution in [0.5, 0.6) is 0 Å². The molecule has 5 heteroatoms. The average Bonchev–Trinajstić information content (AvgIpc) is 2.78. The minimum Gasteiger partial charge on any atom is -0.399 e. The van der Waals surface area contributed by atoms with Crippen molar-refractivity contribution >= 4 is 33.4 Å². The van der Waals surface area contributed by atoms with Crippen LogP contribution < -0.4 is 5.73 Å². The summed E-state index contributed by atoms with van der Waals surface area (Å²) in [5, 5.41) is 0. The summed E-state index contributed by atoms with van der Waals surface area (Å²) in [5.41, 5.74) is 7.08. The fourth-order valence-electron chi connectivity index (χ4n) is 3.02. The number of anilines is 1. The molecule has 1 saturated carbocycles. The first-order valence-corrected chi connectivity index (χ1v) is 7.02. The average molecular weight is 323 g/mol. The second-order valence-corrected chi connectivity index (χ2v) is 6.74. The van der Waals surface area contributed by atoms with Gasteiger partial charge in [-0.25, -0.2) is 0 Å². The van der Waals surface area contributed by atoms with Crippen molar-refractivity contribution in [2.45, 2.75) is 20.4 Å². The molecule has 0 spiro atoms. The first-order chi connectivity index (χ1) is 8.84. The number of piperidine rings is 1. The van der Waals surface area contributed by atoms with E-state index in [0.29, 0.717) is 12.2 Å². The Balaban J connectivity index is 1.83. The van der Waals surface area contributed by atoms with Crippen molar-refractivity contribution < 1.29 is 9.59 Å². The number of carbonyl (C=O) groups is 2. The van der Waals surface area contributed by atoms with E-state index in [1.54, 1.807) is 12.1 Å². The van der Waals surface area contributed by atoms with Crippen LogP contribution in [0.2, 0.25) is 0 Å². The fraction of sp³-hybridized carbons (Fsp3) is 0.429. The molecule has 2 N–H and O–H groups in total. The van der Waals surface area contributed by atoms with Crippen LogP contribution in [-0.4, -0.2) is 16.7 Å². The van der Waals surface area contributed by atoms with Crippen LogP contribution in [0, 0.1) is 17.3 Å². The molecule has 2 unspecified atom stereocenters. The van der Waals surface area contributed by atoms with Crippen LogP contribution in [-0.2, 0) is 16.1 Å². The van der Waals surface area contributed by atoms with E-state index in [0.717, 1.165) is 10.0 Å². The summed E-state index contributed by atoms with van der Waals surface area (Å²) < 4.78 is 0.827. The second-order valence-electron chi connectivity index (χ2n) is 5.89. The summed E-state index contributed by atoms with van der Waals surface area (Å²) in [6, 6.07) is 5.40. The Morgan fingerprint density at radius 2 is 1.84 bits per heavy atom. The van der Waals surface area contributed by atoms with E-state index in [-0.39, 0.29) is 29.1 Å². The zero-order chi connectivity index (χ0) is 13.9. The molecule has 1 heterocycles.